The van der Waals surface area contributed by atoms with Crippen LogP contribution in [0.2, 0.25) is 4.34 Å². The van der Waals surface area contributed by atoms with Gasteiger partial charge in [-0.3, -0.25) is 4.79 Å². The number of ether oxygens (including phenoxy) is 1. The summed E-state index contributed by atoms with van der Waals surface area (Å²) in [5.41, 5.74) is 1.81. The van der Waals surface area contributed by atoms with Crippen LogP contribution in [0.1, 0.15) is 27.7 Å². The predicted molar refractivity (Wildman–Crippen MR) is 73.0 cm³/mol. The van der Waals surface area contributed by atoms with Gasteiger partial charge < -0.3 is 4.74 Å². The topological polar surface area (TPSA) is 26.3 Å². The molecule has 0 radical (unpaired) electrons. The van der Waals surface area contributed by atoms with E-state index in [1.165, 1.54) is 11.3 Å². The molecule has 92 valence electrons. The summed E-state index contributed by atoms with van der Waals surface area (Å²) in [6.45, 7) is 2.03. The highest BCUT2D eigenvalue weighted by Gasteiger charge is 2.21. The van der Waals surface area contributed by atoms with E-state index in [-0.39, 0.29) is 11.9 Å². The molecule has 1 aromatic carbocycles. The first-order chi connectivity index (χ1) is 8.63. The summed E-state index contributed by atoms with van der Waals surface area (Å²) in [7, 11) is 0. The number of hydrogen-bond donors (Lipinski definition) is 0. The molecule has 2 nitrogen and oxygen atoms in total. The number of rotatable bonds is 2. The molecule has 1 aliphatic heterocycles. The van der Waals surface area contributed by atoms with Gasteiger partial charge in [0.1, 0.15) is 11.9 Å². The van der Waals surface area contributed by atoms with E-state index in [1.54, 1.807) is 12.1 Å². The van der Waals surface area contributed by atoms with Crippen molar-refractivity contribution in [3.05, 3.63) is 50.7 Å². The maximum absolute atomic E-state index is 12.3. The predicted octanol–water partition coefficient (Wildman–Crippen LogP) is 3.96. The van der Waals surface area contributed by atoms with E-state index in [1.807, 2.05) is 25.1 Å². The van der Waals surface area contributed by atoms with Crippen LogP contribution < -0.4 is 4.74 Å². The molecule has 0 aliphatic carbocycles. The van der Waals surface area contributed by atoms with Gasteiger partial charge in [-0.1, -0.05) is 11.6 Å². The molecule has 18 heavy (non-hydrogen) atoms. The van der Waals surface area contributed by atoms with Gasteiger partial charge in [-0.25, -0.2) is 0 Å². The first-order valence-electron chi connectivity index (χ1n) is 5.73. The first kappa shape index (κ1) is 11.8. The summed E-state index contributed by atoms with van der Waals surface area (Å²) in [6, 6.07) is 9.13. The molecule has 1 aliphatic rings. The van der Waals surface area contributed by atoms with Crippen LogP contribution in [0.4, 0.5) is 0 Å². The van der Waals surface area contributed by atoms with Gasteiger partial charge in [0.2, 0.25) is 5.78 Å². The lowest BCUT2D eigenvalue weighted by molar-refractivity contribution is 0.104. The molecule has 4 heteroatoms. The minimum absolute atomic E-state index is 0.0225. The van der Waals surface area contributed by atoms with Crippen LogP contribution in [-0.2, 0) is 6.42 Å². The van der Waals surface area contributed by atoms with E-state index < -0.39 is 0 Å². The van der Waals surface area contributed by atoms with E-state index in [0.717, 1.165) is 17.7 Å². The molecule has 2 aromatic rings. The van der Waals surface area contributed by atoms with Crippen LogP contribution in [0.3, 0.4) is 0 Å². The van der Waals surface area contributed by atoms with Gasteiger partial charge in [-0.05, 0) is 42.8 Å². The Morgan fingerprint density at radius 1 is 1.39 bits per heavy atom. The number of benzene rings is 1. The second-order valence-corrected chi connectivity index (χ2v) is 6.10. The number of carbonyl (C=O) groups is 1. The van der Waals surface area contributed by atoms with Crippen molar-refractivity contribution < 1.29 is 9.53 Å². The quantitative estimate of drug-likeness (QED) is 0.778. The summed E-state index contributed by atoms with van der Waals surface area (Å²) >= 11 is 7.16. The zero-order valence-electron chi connectivity index (χ0n) is 9.77. The van der Waals surface area contributed by atoms with E-state index in [4.69, 9.17) is 16.3 Å². The van der Waals surface area contributed by atoms with Crippen molar-refractivity contribution in [1.82, 2.24) is 0 Å². The number of hydrogen-bond acceptors (Lipinski definition) is 3. The van der Waals surface area contributed by atoms with Crippen LogP contribution in [0, 0.1) is 0 Å². The fourth-order valence-corrected chi connectivity index (χ4v) is 3.15. The third-order valence-electron chi connectivity index (χ3n) is 2.96. The maximum atomic E-state index is 12.3. The average Bonchev–Trinajstić information content (AvgIpc) is 2.92. The lowest BCUT2D eigenvalue weighted by Gasteiger charge is -2.03. The standard InChI is InChI=1S/C14H11ClO2S/c1-8-6-10-7-9(2-3-11(10)17-8)14(16)12-4-5-13(15)18-12/h2-5,7-8H,6H2,1H3. The summed E-state index contributed by atoms with van der Waals surface area (Å²) in [4.78, 5) is 12.9. The van der Waals surface area contributed by atoms with Gasteiger partial charge in [-0.2, -0.15) is 0 Å². The Bertz CT molecular complexity index is 618. The lowest BCUT2D eigenvalue weighted by atomic mass is 10.0. The van der Waals surface area contributed by atoms with Crippen LogP contribution in [0.5, 0.6) is 5.75 Å². The van der Waals surface area contributed by atoms with Crippen molar-refractivity contribution in [2.75, 3.05) is 0 Å². The Morgan fingerprint density at radius 3 is 2.94 bits per heavy atom. The van der Waals surface area contributed by atoms with Gasteiger partial charge in [0, 0.05) is 12.0 Å². The molecule has 3 rings (SSSR count). The first-order valence-corrected chi connectivity index (χ1v) is 6.92. The van der Waals surface area contributed by atoms with E-state index >= 15 is 0 Å². The molecule has 2 heterocycles. The molecule has 0 fully saturated rings. The second-order valence-electron chi connectivity index (χ2n) is 4.39. The number of ketones is 1. The molecule has 1 atom stereocenters. The molecule has 1 aromatic heterocycles. The van der Waals surface area contributed by atoms with Crippen molar-refractivity contribution in [2.24, 2.45) is 0 Å². The fourth-order valence-electron chi connectivity index (χ4n) is 2.14. The zero-order chi connectivity index (χ0) is 12.7. The van der Waals surface area contributed by atoms with Crippen molar-refractivity contribution in [3.8, 4) is 5.75 Å². The highest BCUT2D eigenvalue weighted by molar-refractivity contribution is 7.18. The number of carbonyl (C=O) groups excluding carboxylic acids is 1. The third-order valence-corrected chi connectivity index (χ3v) is 4.19. The monoisotopic (exact) mass is 278 g/mol. The van der Waals surface area contributed by atoms with Crippen molar-refractivity contribution in [1.29, 1.82) is 0 Å². The van der Waals surface area contributed by atoms with Gasteiger partial charge in [-0.15, -0.1) is 11.3 Å². The Kier molecular flexibility index (Phi) is 2.88. The Labute approximate surface area is 114 Å². The Balaban J connectivity index is 1.94. The van der Waals surface area contributed by atoms with E-state index in [0.29, 0.717) is 14.8 Å². The molecular weight excluding hydrogens is 268 g/mol. The van der Waals surface area contributed by atoms with Gasteiger partial charge in [0.25, 0.3) is 0 Å². The molecule has 0 N–H and O–H groups in total. The summed E-state index contributed by atoms with van der Waals surface area (Å²) < 4.78 is 6.26. The molecule has 0 amide bonds. The van der Waals surface area contributed by atoms with Gasteiger partial charge in [0.15, 0.2) is 0 Å². The zero-order valence-corrected chi connectivity index (χ0v) is 11.3. The summed E-state index contributed by atoms with van der Waals surface area (Å²) in [5.74, 6) is 0.914. The maximum Gasteiger partial charge on any atom is 0.203 e. The number of thiophene rings is 1. The SMILES string of the molecule is CC1Cc2cc(C(=O)c3ccc(Cl)s3)ccc2O1. The third kappa shape index (κ3) is 2.04. The lowest BCUT2D eigenvalue weighted by Crippen LogP contribution is -2.05. The molecule has 1 unspecified atom stereocenters. The van der Waals surface area contributed by atoms with Crippen molar-refractivity contribution in [3.63, 3.8) is 0 Å². The highest BCUT2D eigenvalue weighted by atomic mass is 35.5. The summed E-state index contributed by atoms with van der Waals surface area (Å²) in [6.07, 6.45) is 1.06. The molecular formula is C14H11ClO2S. The van der Waals surface area contributed by atoms with Crippen LogP contribution in [-0.4, -0.2) is 11.9 Å². The van der Waals surface area contributed by atoms with Crippen LogP contribution >= 0.6 is 22.9 Å². The fraction of sp³-hybridized carbons (Fsp3) is 0.214. The molecule has 0 saturated heterocycles. The van der Waals surface area contributed by atoms with Crippen molar-refractivity contribution >= 4 is 28.7 Å². The molecule has 0 saturated carbocycles. The van der Waals surface area contributed by atoms with E-state index in [2.05, 4.69) is 0 Å². The second kappa shape index (κ2) is 4.41. The minimum atomic E-state index is 0.0225. The summed E-state index contributed by atoms with van der Waals surface area (Å²) in [5, 5.41) is 0. The minimum Gasteiger partial charge on any atom is -0.490 e. The highest BCUT2D eigenvalue weighted by Crippen LogP contribution is 2.31. The largest absolute Gasteiger partial charge is 0.490 e. The smallest absolute Gasteiger partial charge is 0.203 e. The number of halogens is 1. The Morgan fingerprint density at radius 2 is 2.22 bits per heavy atom. The normalized spacial score (nSPS) is 17.3. The molecule has 0 spiro atoms. The molecule has 0 bridgehead atoms. The number of fused-ring (bicyclic) bond motifs is 1. The average molecular weight is 279 g/mol. The Hall–Kier alpha value is -1.32. The van der Waals surface area contributed by atoms with Crippen LogP contribution in [0.25, 0.3) is 0 Å². The van der Waals surface area contributed by atoms with Crippen LogP contribution in [0.15, 0.2) is 30.3 Å². The van der Waals surface area contributed by atoms with Gasteiger partial charge >= 0.3 is 0 Å². The van der Waals surface area contributed by atoms with E-state index in [9.17, 15) is 4.79 Å². The van der Waals surface area contributed by atoms with Crippen molar-refractivity contribution in [2.45, 2.75) is 19.4 Å². The van der Waals surface area contributed by atoms with Gasteiger partial charge in [0.05, 0.1) is 9.21 Å².